The van der Waals surface area contributed by atoms with Crippen molar-refractivity contribution in [3.63, 3.8) is 0 Å². The number of halogens is 2. The number of alkyl halides is 2. The Kier molecular flexibility index (Phi) is 19.3. The molecule has 0 rings (SSSR count). The van der Waals surface area contributed by atoms with Gasteiger partial charge in [-0.3, -0.25) is 0 Å². The van der Waals surface area contributed by atoms with E-state index in [1.807, 2.05) is 0 Å². The summed E-state index contributed by atoms with van der Waals surface area (Å²) in [5, 5.41) is 7.24. The van der Waals surface area contributed by atoms with Gasteiger partial charge in [-0.1, -0.05) is 64.5 Å². The second kappa shape index (κ2) is 18.1. The SMILES string of the molecule is CCCCCC/C=C\CCCCCC.O=C(O)C(F)F. The maximum absolute atomic E-state index is 10.6. The van der Waals surface area contributed by atoms with Crippen molar-refractivity contribution in [2.75, 3.05) is 0 Å². The normalized spacial score (nSPS) is 10.7. The summed E-state index contributed by atoms with van der Waals surface area (Å²) in [6.07, 6.45) is 15.2. The number of aliphatic carboxylic acids is 1. The molecule has 1 N–H and O–H groups in total. The van der Waals surface area contributed by atoms with Crippen LogP contribution in [0.2, 0.25) is 0 Å². The summed E-state index contributed by atoms with van der Waals surface area (Å²) in [6.45, 7) is 4.53. The summed E-state index contributed by atoms with van der Waals surface area (Å²) in [6, 6.07) is 0. The molecule has 0 aromatic carbocycles. The van der Waals surface area contributed by atoms with Crippen molar-refractivity contribution in [2.24, 2.45) is 0 Å². The predicted molar refractivity (Wildman–Crippen MR) is 80.3 cm³/mol. The summed E-state index contributed by atoms with van der Waals surface area (Å²) in [5.41, 5.74) is 0. The standard InChI is InChI=1S/C14H28.C2H2F2O2/c1-3-5-7-9-11-13-14-12-10-8-6-4-2;3-1(4)2(5)6/h13-14H,3-12H2,1-2H3;1H,(H,5,6)/b14-13-;. The van der Waals surface area contributed by atoms with Crippen molar-refractivity contribution >= 4 is 5.97 Å². The Morgan fingerprint density at radius 2 is 1.25 bits per heavy atom. The third-order valence-corrected chi connectivity index (χ3v) is 2.80. The van der Waals surface area contributed by atoms with E-state index in [1.165, 1.54) is 64.2 Å². The highest BCUT2D eigenvalue weighted by Gasteiger charge is 2.10. The van der Waals surface area contributed by atoms with Gasteiger partial charge >= 0.3 is 12.4 Å². The van der Waals surface area contributed by atoms with Crippen LogP contribution in [0.3, 0.4) is 0 Å². The molecule has 4 heteroatoms. The van der Waals surface area contributed by atoms with Crippen molar-refractivity contribution in [1.29, 1.82) is 0 Å². The van der Waals surface area contributed by atoms with Gasteiger partial charge in [-0.15, -0.1) is 0 Å². The van der Waals surface area contributed by atoms with Crippen LogP contribution in [0.4, 0.5) is 8.78 Å². The monoisotopic (exact) mass is 292 g/mol. The Hall–Kier alpha value is -0.930. The van der Waals surface area contributed by atoms with Crippen LogP contribution in [0.25, 0.3) is 0 Å². The molecule has 2 nitrogen and oxygen atoms in total. The molecule has 0 aliphatic carbocycles. The fourth-order valence-corrected chi connectivity index (χ4v) is 1.61. The Morgan fingerprint density at radius 3 is 1.50 bits per heavy atom. The minimum atomic E-state index is -3.23. The topological polar surface area (TPSA) is 37.3 Å². The summed E-state index contributed by atoms with van der Waals surface area (Å²) in [5.74, 6) is -2.07. The molecule has 0 unspecified atom stereocenters. The van der Waals surface area contributed by atoms with Gasteiger partial charge in [0, 0.05) is 0 Å². The van der Waals surface area contributed by atoms with Crippen LogP contribution in [0.5, 0.6) is 0 Å². The summed E-state index contributed by atoms with van der Waals surface area (Å²) in [4.78, 5) is 8.95. The van der Waals surface area contributed by atoms with Crippen molar-refractivity contribution in [3.05, 3.63) is 12.2 Å². The molecular weight excluding hydrogens is 262 g/mol. The Morgan fingerprint density at radius 1 is 0.900 bits per heavy atom. The quantitative estimate of drug-likeness (QED) is 0.385. The molecule has 0 fully saturated rings. The first-order valence-electron chi connectivity index (χ1n) is 7.72. The molecule has 0 spiro atoms. The lowest BCUT2D eigenvalue weighted by molar-refractivity contribution is -0.149. The largest absolute Gasteiger partial charge is 0.477 e. The summed E-state index contributed by atoms with van der Waals surface area (Å²) < 4.78 is 21.1. The maximum Gasteiger partial charge on any atom is 0.371 e. The van der Waals surface area contributed by atoms with E-state index in [9.17, 15) is 8.78 Å². The number of hydrogen-bond acceptors (Lipinski definition) is 1. The molecule has 0 aromatic rings. The number of unbranched alkanes of at least 4 members (excludes halogenated alkanes) is 8. The smallest absolute Gasteiger partial charge is 0.371 e. The molecule has 0 aliphatic heterocycles. The molecule has 0 bridgehead atoms. The van der Waals surface area contributed by atoms with Gasteiger partial charge in [-0.2, -0.15) is 8.78 Å². The van der Waals surface area contributed by atoms with E-state index < -0.39 is 12.4 Å². The van der Waals surface area contributed by atoms with E-state index in [1.54, 1.807) is 0 Å². The van der Waals surface area contributed by atoms with Gasteiger partial charge in [0.25, 0.3) is 0 Å². The minimum absolute atomic E-state index is 1.30. The first kappa shape index (κ1) is 21.4. The first-order chi connectivity index (χ1) is 9.56. The highest BCUT2D eigenvalue weighted by molar-refractivity contribution is 5.70. The lowest BCUT2D eigenvalue weighted by Crippen LogP contribution is -2.06. The van der Waals surface area contributed by atoms with E-state index in [2.05, 4.69) is 26.0 Å². The number of allylic oxidation sites excluding steroid dienone is 2. The van der Waals surface area contributed by atoms with Crippen molar-refractivity contribution < 1.29 is 18.7 Å². The van der Waals surface area contributed by atoms with Crippen LogP contribution in [0, 0.1) is 0 Å². The zero-order chi connectivity index (χ0) is 15.6. The van der Waals surface area contributed by atoms with Crippen LogP contribution in [-0.2, 0) is 4.79 Å². The number of carboxylic acid groups (broad SMARTS) is 1. The third-order valence-electron chi connectivity index (χ3n) is 2.80. The van der Waals surface area contributed by atoms with Gasteiger partial charge in [0.1, 0.15) is 0 Å². The number of hydrogen-bond donors (Lipinski definition) is 1. The van der Waals surface area contributed by atoms with E-state index in [0.29, 0.717) is 0 Å². The average molecular weight is 292 g/mol. The molecule has 0 radical (unpaired) electrons. The van der Waals surface area contributed by atoms with E-state index in [4.69, 9.17) is 9.90 Å². The lowest BCUT2D eigenvalue weighted by atomic mass is 10.1. The number of rotatable bonds is 11. The molecule has 0 amide bonds. The lowest BCUT2D eigenvalue weighted by Gasteiger charge is -1.95. The molecule has 0 saturated carbocycles. The van der Waals surface area contributed by atoms with Crippen molar-refractivity contribution in [1.82, 2.24) is 0 Å². The summed E-state index contributed by atoms with van der Waals surface area (Å²) >= 11 is 0. The molecule has 0 aliphatic rings. The second-order valence-electron chi connectivity index (χ2n) is 4.81. The second-order valence-corrected chi connectivity index (χ2v) is 4.81. The van der Waals surface area contributed by atoms with Gasteiger partial charge in [-0.05, 0) is 25.7 Å². The van der Waals surface area contributed by atoms with Crippen LogP contribution < -0.4 is 0 Å². The van der Waals surface area contributed by atoms with Crippen LogP contribution in [-0.4, -0.2) is 17.5 Å². The highest BCUT2D eigenvalue weighted by Crippen LogP contribution is 2.06. The minimum Gasteiger partial charge on any atom is -0.477 e. The van der Waals surface area contributed by atoms with Crippen LogP contribution in [0.15, 0.2) is 12.2 Å². The van der Waals surface area contributed by atoms with Crippen molar-refractivity contribution in [2.45, 2.75) is 84.5 Å². The molecular formula is C16H30F2O2. The molecule has 20 heavy (non-hydrogen) atoms. The highest BCUT2D eigenvalue weighted by atomic mass is 19.3. The van der Waals surface area contributed by atoms with Crippen LogP contribution in [0.1, 0.15) is 78.1 Å². The molecule has 0 saturated heterocycles. The van der Waals surface area contributed by atoms with Gasteiger partial charge in [0.15, 0.2) is 0 Å². The fraction of sp³-hybridized carbons (Fsp3) is 0.812. The zero-order valence-corrected chi connectivity index (χ0v) is 12.9. The molecule has 0 heterocycles. The van der Waals surface area contributed by atoms with E-state index in [0.717, 1.165) is 0 Å². The zero-order valence-electron chi connectivity index (χ0n) is 12.9. The predicted octanol–water partition coefficient (Wildman–Crippen LogP) is 5.82. The van der Waals surface area contributed by atoms with E-state index in [-0.39, 0.29) is 0 Å². The van der Waals surface area contributed by atoms with Crippen LogP contribution >= 0.6 is 0 Å². The molecule has 0 aromatic heterocycles. The average Bonchev–Trinajstić information content (AvgIpc) is 2.41. The Bertz CT molecular complexity index is 215. The van der Waals surface area contributed by atoms with E-state index >= 15 is 0 Å². The fourth-order valence-electron chi connectivity index (χ4n) is 1.61. The van der Waals surface area contributed by atoms with Crippen molar-refractivity contribution in [3.8, 4) is 0 Å². The third kappa shape index (κ3) is 22.3. The van der Waals surface area contributed by atoms with Gasteiger partial charge in [0.2, 0.25) is 0 Å². The summed E-state index contributed by atoms with van der Waals surface area (Å²) in [7, 11) is 0. The van der Waals surface area contributed by atoms with Gasteiger partial charge in [0.05, 0.1) is 0 Å². The molecule has 120 valence electrons. The number of carboxylic acids is 1. The first-order valence-corrected chi connectivity index (χ1v) is 7.72. The van der Waals surface area contributed by atoms with Gasteiger partial charge < -0.3 is 5.11 Å². The Balaban J connectivity index is 0. The Labute approximate surface area is 122 Å². The molecule has 0 atom stereocenters. The number of carbonyl (C=O) groups is 1. The van der Waals surface area contributed by atoms with Gasteiger partial charge in [-0.25, -0.2) is 4.79 Å². The maximum atomic E-state index is 10.6.